The summed E-state index contributed by atoms with van der Waals surface area (Å²) in [6.07, 6.45) is 1.00. The molecule has 0 saturated heterocycles. The molecule has 1 aliphatic heterocycles. The van der Waals surface area contributed by atoms with Crippen LogP contribution in [0.2, 0.25) is 5.02 Å². The van der Waals surface area contributed by atoms with Crippen molar-refractivity contribution in [2.45, 2.75) is 19.5 Å². The highest BCUT2D eigenvalue weighted by molar-refractivity contribution is 6.35. The van der Waals surface area contributed by atoms with Gasteiger partial charge in [-0.2, -0.15) is 0 Å². The van der Waals surface area contributed by atoms with Crippen LogP contribution in [0, 0.1) is 0 Å². The van der Waals surface area contributed by atoms with E-state index in [0.29, 0.717) is 0 Å². The fourth-order valence-corrected chi connectivity index (χ4v) is 3.05. The highest BCUT2D eigenvalue weighted by atomic mass is 35.5. The summed E-state index contributed by atoms with van der Waals surface area (Å²) in [7, 11) is 4.14. The van der Waals surface area contributed by atoms with Gasteiger partial charge < -0.3 is 10.2 Å². The molecule has 19 heavy (non-hydrogen) atoms. The van der Waals surface area contributed by atoms with Crippen LogP contribution >= 0.6 is 11.6 Å². The molecule has 0 spiro atoms. The molecule has 0 radical (unpaired) electrons. The molecule has 4 heteroatoms. The number of fused-ring (bicyclic) bond motifs is 2. The molecule has 2 heterocycles. The van der Waals surface area contributed by atoms with Gasteiger partial charge in [0.15, 0.2) is 0 Å². The maximum absolute atomic E-state index is 6.31. The summed E-state index contributed by atoms with van der Waals surface area (Å²) in [6, 6.07) is 6.04. The monoisotopic (exact) mass is 275 g/mol. The van der Waals surface area contributed by atoms with E-state index in [0.717, 1.165) is 36.6 Å². The fraction of sp³-hybridized carbons (Fsp3) is 0.400. The second kappa shape index (κ2) is 5.08. The molecule has 100 valence electrons. The molecular weight excluding hydrogens is 258 g/mol. The third-order valence-electron chi connectivity index (χ3n) is 3.78. The van der Waals surface area contributed by atoms with E-state index in [1.54, 1.807) is 0 Å². The Kier molecular flexibility index (Phi) is 3.44. The highest BCUT2D eigenvalue weighted by Crippen LogP contribution is 2.30. The van der Waals surface area contributed by atoms with Gasteiger partial charge in [0.25, 0.3) is 0 Å². The lowest BCUT2D eigenvalue weighted by Crippen LogP contribution is -2.29. The SMILES string of the molecule is CNCc1c2c(nc3c(Cl)cccc13)CCN(C)C2. The van der Waals surface area contributed by atoms with Gasteiger partial charge in [-0.3, -0.25) is 4.98 Å². The molecule has 1 aromatic carbocycles. The van der Waals surface area contributed by atoms with Crippen molar-refractivity contribution in [3.05, 3.63) is 40.0 Å². The molecule has 1 aromatic heterocycles. The molecule has 1 N–H and O–H groups in total. The van der Waals surface area contributed by atoms with Crippen LogP contribution in [0.3, 0.4) is 0 Å². The van der Waals surface area contributed by atoms with Gasteiger partial charge in [0.1, 0.15) is 0 Å². The molecule has 0 aliphatic carbocycles. The van der Waals surface area contributed by atoms with Crippen LogP contribution in [0.15, 0.2) is 18.2 Å². The lowest BCUT2D eigenvalue weighted by Gasteiger charge is -2.27. The lowest BCUT2D eigenvalue weighted by atomic mass is 9.96. The van der Waals surface area contributed by atoms with E-state index in [-0.39, 0.29) is 0 Å². The van der Waals surface area contributed by atoms with Crippen molar-refractivity contribution in [1.29, 1.82) is 0 Å². The van der Waals surface area contributed by atoms with Crippen molar-refractivity contribution in [2.75, 3.05) is 20.6 Å². The predicted octanol–water partition coefficient (Wildman–Crippen LogP) is 2.60. The Morgan fingerprint density at radius 3 is 3.05 bits per heavy atom. The summed E-state index contributed by atoms with van der Waals surface area (Å²) in [5, 5.41) is 5.19. The van der Waals surface area contributed by atoms with Crippen molar-refractivity contribution in [3.8, 4) is 0 Å². The van der Waals surface area contributed by atoms with Crippen LogP contribution in [0.5, 0.6) is 0 Å². The molecule has 3 rings (SSSR count). The second-order valence-corrected chi connectivity index (χ2v) is 5.58. The van der Waals surface area contributed by atoms with E-state index in [2.05, 4.69) is 23.3 Å². The van der Waals surface area contributed by atoms with Gasteiger partial charge in [-0.05, 0) is 31.3 Å². The number of likely N-dealkylation sites (N-methyl/N-ethyl adjacent to an activating group) is 1. The second-order valence-electron chi connectivity index (χ2n) is 5.17. The van der Waals surface area contributed by atoms with Crippen molar-refractivity contribution < 1.29 is 0 Å². The van der Waals surface area contributed by atoms with Gasteiger partial charge in [-0.25, -0.2) is 0 Å². The Morgan fingerprint density at radius 2 is 2.26 bits per heavy atom. The molecule has 0 fully saturated rings. The minimum Gasteiger partial charge on any atom is -0.316 e. The van der Waals surface area contributed by atoms with Crippen LogP contribution in [-0.4, -0.2) is 30.5 Å². The standard InChI is InChI=1S/C15H18ClN3/c1-17-8-11-10-4-3-5-13(16)15(10)18-14-6-7-19(2)9-12(11)14/h3-5,17H,6-9H2,1-2H3. The molecule has 2 aromatic rings. The van der Waals surface area contributed by atoms with Gasteiger partial charge in [0.2, 0.25) is 0 Å². The van der Waals surface area contributed by atoms with Crippen LogP contribution in [0.1, 0.15) is 16.8 Å². The number of nitrogens with zero attached hydrogens (tertiary/aromatic N) is 2. The van der Waals surface area contributed by atoms with Gasteiger partial charge in [-0.15, -0.1) is 0 Å². The topological polar surface area (TPSA) is 28.2 Å². The Labute approximate surface area is 118 Å². The van der Waals surface area contributed by atoms with E-state index in [9.17, 15) is 0 Å². The number of aromatic nitrogens is 1. The molecule has 0 bridgehead atoms. The summed E-state index contributed by atoms with van der Waals surface area (Å²) >= 11 is 6.31. The minimum atomic E-state index is 0.747. The minimum absolute atomic E-state index is 0.747. The van der Waals surface area contributed by atoms with E-state index in [1.807, 2.05) is 19.2 Å². The number of halogens is 1. The Balaban J connectivity index is 2.30. The third-order valence-corrected chi connectivity index (χ3v) is 4.09. The summed E-state index contributed by atoms with van der Waals surface area (Å²) in [5.74, 6) is 0. The average molecular weight is 276 g/mol. The van der Waals surface area contributed by atoms with Gasteiger partial charge in [0.05, 0.1) is 10.5 Å². The van der Waals surface area contributed by atoms with Crippen LogP contribution < -0.4 is 5.32 Å². The quantitative estimate of drug-likeness (QED) is 0.913. The number of benzene rings is 1. The van der Waals surface area contributed by atoms with Gasteiger partial charge >= 0.3 is 0 Å². The summed E-state index contributed by atoms with van der Waals surface area (Å²) in [5.41, 5.74) is 4.87. The molecule has 0 atom stereocenters. The van der Waals surface area contributed by atoms with E-state index in [1.165, 1.54) is 22.2 Å². The number of rotatable bonds is 2. The van der Waals surface area contributed by atoms with E-state index in [4.69, 9.17) is 16.6 Å². The molecular formula is C15H18ClN3. The normalized spacial score (nSPS) is 15.7. The number of hydrogen-bond acceptors (Lipinski definition) is 3. The number of nitrogens with one attached hydrogen (secondary N) is 1. The zero-order valence-electron chi connectivity index (χ0n) is 11.3. The summed E-state index contributed by atoms with van der Waals surface area (Å²) < 4.78 is 0. The number of pyridine rings is 1. The molecule has 0 saturated carbocycles. The van der Waals surface area contributed by atoms with Gasteiger partial charge in [0, 0.05) is 37.1 Å². The first-order valence-corrected chi connectivity index (χ1v) is 7.00. The van der Waals surface area contributed by atoms with E-state index >= 15 is 0 Å². The molecule has 0 amide bonds. The van der Waals surface area contributed by atoms with Gasteiger partial charge in [-0.1, -0.05) is 23.7 Å². The summed E-state index contributed by atoms with van der Waals surface area (Å²) in [6.45, 7) is 2.90. The van der Waals surface area contributed by atoms with Crippen LogP contribution in [0.4, 0.5) is 0 Å². The Hall–Kier alpha value is -1.16. The Morgan fingerprint density at radius 1 is 1.42 bits per heavy atom. The molecule has 3 nitrogen and oxygen atoms in total. The van der Waals surface area contributed by atoms with Crippen molar-refractivity contribution in [2.24, 2.45) is 0 Å². The van der Waals surface area contributed by atoms with Crippen LogP contribution in [0.25, 0.3) is 10.9 Å². The first-order chi connectivity index (χ1) is 9.20. The predicted molar refractivity (Wildman–Crippen MR) is 79.6 cm³/mol. The number of para-hydroxylation sites is 1. The van der Waals surface area contributed by atoms with E-state index < -0.39 is 0 Å². The zero-order chi connectivity index (χ0) is 13.4. The summed E-state index contributed by atoms with van der Waals surface area (Å²) in [4.78, 5) is 7.15. The third kappa shape index (κ3) is 2.22. The largest absolute Gasteiger partial charge is 0.316 e. The fourth-order valence-electron chi connectivity index (χ4n) is 2.83. The zero-order valence-corrected chi connectivity index (χ0v) is 12.1. The number of hydrogen-bond donors (Lipinski definition) is 1. The maximum atomic E-state index is 6.31. The van der Waals surface area contributed by atoms with Crippen molar-refractivity contribution in [1.82, 2.24) is 15.2 Å². The molecule has 0 unspecified atom stereocenters. The lowest BCUT2D eigenvalue weighted by molar-refractivity contribution is 0.309. The highest BCUT2D eigenvalue weighted by Gasteiger charge is 2.20. The Bertz CT molecular complexity index is 624. The first-order valence-electron chi connectivity index (χ1n) is 6.62. The van der Waals surface area contributed by atoms with Crippen molar-refractivity contribution in [3.63, 3.8) is 0 Å². The first kappa shape index (κ1) is 12.9. The molecule has 1 aliphatic rings. The van der Waals surface area contributed by atoms with Crippen molar-refractivity contribution >= 4 is 22.5 Å². The average Bonchev–Trinajstić information content (AvgIpc) is 2.40. The maximum Gasteiger partial charge on any atom is 0.0894 e. The van der Waals surface area contributed by atoms with Crippen LogP contribution in [-0.2, 0) is 19.5 Å². The smallest absolute Gasteiger partial charge is 0.0894 e.